The van der Waals surface area contributed by atoms with Gasteiger partial charge >= 0.3 is 17.1 Å². The van der Waals surface area contributed by atoms with Crippen LogP contribution < -0.4 is 15.0 Å². The average Bonchev–Trinajstić information content (AvgIpc) is 4.25. The summed E-state index contributed by atoms with van der Waals surface area (Å²) in [6.45, 7) is 4.52. The molecule has 0 bridgehead atoms. The van der Waals surface area contributed by atoms with Crippen molar-refractivity contribution in [1.29, 1.82) is 0 Å². The number of nitrogens with zero attached hydrogens (tertiary/aromatic N) is 15. The molecule has 3 unspecified atom stereocenters. The van der Waals surface area contributed by atoms with Crippen molar-refractivity contribution in [3.05, 3.63) is 158 Å². The molecule has 3 N–H and O–H groups in total. The number of aromatic hydroxyl groups is 3. The van der Waals surface area contributed by atoms with Gasteiger partial charge in [-0.3, -0.25) is 44.7 Å². The Morgan fingerprint density at radius 1 is 0.409 bits per heavy atom. The SMILES string of the molecule is CC1=NN(c2ccc(S(=O)(=O)[O-])cc2)C(=O)C1N=Nc1cc([N+](=O)[O-])ccc1O.CC1=NN(c2ccc(S(=O)(=O)[O-])cc2)C(=O)C1N=Nc1cc([N+](=O)[O-])ccc1O.CC1=NN(c2ccc(S(=O)(=O)[O-])cc2)C(=O)C1N=Nc1cc([N+](=O)[O-])ccc1O.[Fe+3]. The first-order valence-electron chi connectivity index (χ1n) is 23.7. The van der Waals surface area contributed by atoms with Crippen LogP contribution in [0.25, 0.3) is 0 Å². The summed E-state index contributed by atoms with van der Waals surface area (Å²) in [5, 5.41) is 99.5. The van der Waals surface area contributed by atoms with Crippen LogP contribution in [0.1, 0.15) is 20.8 Å². The molecule has 3 aliphatic rings. The zero-order valence-corrected chi connectivity index (χ0v) is 47.9. The van der Waals surface area contributed by atoms with Crippen LogP contribution >= 0.6 is 0 Å². The van der Waals surface area contributed by atoms with E-state index in [1.807, 2.05) is 0 Å². The molecule has 3 aliphatic heterocycles. The minimum atomic E-state index is -4.63. The predicted molar refractivity (Wildman–Crippen MR) is 294 cm³/mol. The number of phenols is 3. The second-order valence-electron chi connectivity index (χ2n) is 17.7. The summed E-state index contributed by atoms with van der Waals surface area (Å²) in [6, 6.07) is 19.9. The molecule has 9 rings (SSSR count). The maximum atomic E-state index is 12.6. The van der Waals surface area contributed by atoms with E-state index in [0.717, 1.165) is 106 Å². The zero-order chi connectivity index (χ0) is 64.0. The van der Waals surface area contributed by atoms with Crippen molar-refractivity contribution in [2.75, 3.05) is 15.0 Å². The van der Waals surface area contributed by atoms with Crippen molar-refractivity contribution in [3.8, 4) is 17.2 Å². The molecule has 0 aliphatic carbocycles. The molecule has 1 radical (unpaired) electrons. The molecule has 88 heavy (non-hydrogen) atoms. The summed E-state index contributed by atoms with van der Waals surface area (Å²) < 4.78 is 98.9. The third kappa shape index (κ3) is 15.6. The molecule has 3 amide bonds. The van der Waals surface area contributed by atoms with Crippen molar-refractivity contribution in [2.45, 2.75) is 53.6 Å². The molecule has 6 aromatic carbocycles. The fourth-order valence-corrected chi connectivity index (χ4v) is 8.77. The number of nitro groups is 3. The normalized spacial score (nSPS) is 16.8. The summed E-state index contributed by atoms with van der Waals surface area (Å²) in [5.41, 5.74) is -0.125. The number of hydrogen-bond acceptors (Lipinski definition) is 30. The van der Waals surface area contributed by atoms with Gasteiger partial charge in [0.05, 0.1) is 63.7 Å². The van der Waals surface area contributed by atoms with Gasteiger partial charge in [0.25, 0.3) is 34.8 Å². The molecule has 36 nitrogen and oxygen atoms in total. The third-order valence-electron chi connectivity index (χ3n) is 11.8. The van der Waals surface area contributed by atoms with E-state index in [1.54, 1.807) is 0 Å². The van der Waals surface area contributed by atoms with Crippen molar-refractivity contribution < 1.29 is 100 Å². The number of azo groups is 3. The molecule has 3 atom stereocenters. The van der Waals surface area contributed by atoms with Crippen LogP contribution in [-0.4, -0.2) is 122 Å². The van der Waals surface area contributed by atoms with Crippen LogP contribution in [0.5, 0.6) is 17.2 Å². The quantitative estimate of drug-likeness (QED) is 0.0337. The maximum Gasteiger partial charge on any atom is 3.00 e. The largest absolute Gasteiger partial charge is 3.00 e. The molecule has 6 aromatic rings. The summed E-state index contributed by atoms with van der Waals surface area (Å²) in [6.07, 6.45) is 0. The Balaban J connectivity index is 0.000000209. The van der Waals surface area contributed by atoms with Gasteiger partial charge < -0.3 is 29.0 Å². The fraction of sp³-hybridized carbons (Fsp3) is 0.125. The van der Waals surface area contributed by atoms with E-state index in [2.05, 4.69) is 46.0 Å². The van der Waals surface area contributed by atoms with Crippen LogP contribution in [0.3, 0.4) is 0 Å². The van der Waals surface area contributed by atoms with E-state index in [-0.39, 0.29) is 103 Å². The Morgan fingerprint density at radius 2 is 0.625 bits per heavy atom. The molecule has 0 fully saturated rings. The number of nitro benzene ring substituents is 3. The molecule has 455 valence electrons. The summed E-state index contributed by atoms with van der Waals surface area (Å²) >= 11 is 0. The summed E-state index contributed by atoms with van der Waals surface area (Å²) in [7, 11) is -13.9. The van der Waals surface area contributed by atoms with Gasteiger partial charge in [0.1, 0.15) is 64.7 Å². The van der Waals surface area contributed by atoms with E-state index in [0.29, 0.717) is 0 Å². The van der Waals surface area contributed by atoms with Gasteiger partial charge in [0.2, 0.25) is 0 Å². The van der Waals surface area contributed by atoms with Gasteiger partial charge in [0.15, 0.2) is 18.1 Å². The standard InChI is InChI=1S/3C16H13N5O7S.Fe/c3*1-9-15(18-17-13-8-11(21(24)25)4-7-14(13)22)16(23)20(19-9)10-2-5-12(6-3-10)29(26,27)28;/h3*2-8,15,22H,1H3,(H,26,27,28);/q;;;+3/p-3. The Labute approximate surface area is 504 Å². The number of carbonyl (C=O) groups is 3. The van der Waals surface area contributed by atoms with Crippen LogP contribution in [0.2, 0.25) is 0 Å². The van der Waals surface area contributed by atoms with Gasteiger partial charge in [-0.15, -0.1) is 0 Å². The minimum absolute atomic E-state index is 0. The molecule has 0 saturated heterocycles. The number of phenolic OH excluding ortho intramolecular Hbond substituents is 3. The average molecular weight is 1310 g/mol. The number of anilines is 3. The van der Waals surface area contributed by atoms with E-state index < -0.39 is 95.7 Å². The first-order chi connectivity index (χ1) is 40.7. The molecular formula is C48H36FeN15O21S3. The number of benzene rings is 6. The van der Waals surface area contributed by atoms with Crippen LogP contribution in [0.15, 0.2) is 188 Å². The zero-order valence-electron chi connectivity index (χ0n) is 44.3. The van der Waals surface area contributed by atoms with E-state index in [4.69, 9.17) is 0 Å². The van der Waals surface area contributed by atoms with Gasteiger partial charge in [-0.25, -0.2) is 25.3 Å². The minimum Gasteiger partial charge on any atom is -0.744 e. The Kier molecular flexibility index (Phi) is 20.2. The maximum absolute atomic E-state index is 12.6. The topological polar surface area (TPSA) is 534 Å². The summed E-state index contributed by atoms with van der Waals surface area (Å²) in [4.78, 5) is 66.9. The fourth-order valence-electron chi connectivity index (χ4n) is 7.36. The Morgan fingerprint density at radius 3 is 0.818 bits per heavy atom. The molecule has 0 saturated carbocycles. The monoisotopic (exact) mass is 1310 g/mol. The Bertz CT molecular complexity index is 3920. The van der Waals surface area contributed by atoms with Crippen molar-refractivity contribution in [2.24, 2.45) is 46.0 Å². The van der Waals surface area contributed by atoms with Crippen molar-refractivity contribution in [3.63, 3.8) is 0 Å². The number of hydrazone groups is 3. The van der Waals surface area contributed by atoms with Crippen LogP contribution in [0.4, 0.5) is 51.2 Å². The first-order valence-corrected chi connectivity index (χ1v) is 28.0. The van der Waals surface area contributed by atoms with Crippen LogP contribution in [-0.2, 0) is 61.8 Å². The second kappa shape index (κ2) is 26.8. The molecular weight excluding hydrogens is 1270 g/mol. The van der Waals surface area contributed by atoms with E-state index >= 15 is 0 Å². The molecule has 0 aromatic heterocycles. The number of rotatable bonds is 15. The summed E-state index contributed by atoms with van der Waals surface area (Å²) in [5.74, 6) is -2.92. The van der Waals surface area contributed by atoms with Gasteiger partial charge in [-0.2, -0.15) is 61.0 Å². The smallest absolute Gasteiger partial charge is 0.744 e. The van der Waals surface area contributed by atoms with Gasteiger partial charge in [-0.1, -0.05) is 0 Å². The first kappa shape index (κ1) is 66.5. The van der Waals surface area contributed by atoms with E-state index in [1.165, 1.54) is 57.2 Å². The number of non-ortho nitro benzene ring substituents is 3. The number of amides is 3. The van der Waals surface area contributed by atoms with Crippen molar-refractivity contribution in [1.82, 2.24) is 0 Å². The van der Waals surface area contributed by atoms with E-state index in [9.17, 15) is 99.0 Å². The molecule has 40 heteroatoms. The van der Waals surface area contributed by atoms with Crippen LogP contribution in [0, 0.1) is 30.3 Å². The second-order valence-corrected chi connectivity index (χ2v) is 21.8. The van der Waals surface area contributed by atoms with Gasteiger partial charge in [0, 0.05) is 36.4 Å². The predicted octanol–water partition coefficient (Wildman–Crippen LogP) is 6.24. The third-order valence-corrected chi connectivity index (χ3v) is 14.3. The molecule has 3 heterocycles. The van der Waals surface area contributed by atoms with Crippen molar-refractivity contribution >= 4 is 116 Å². The Hall–Kier alpha value is -10.6. The number of carbonyl (C=O) groups excluding carboxylic acids is 3. The number of hydrogen-bond donors (Lipinski definition) is 3. The van der Waals surface area contributed by atoms with Gasteiger partial charge in [-0.05, 0) is 112 Å². The molecule has 0 spiro atoms.